The molecule has 198 valence electrons. The van der Waals surface area contributed by atoms with E-state index >= 15 is 0 Å². The normalized spacial score (nSPS) is 17.9. The largest absolute Gasteiger partial charge is 0.449 e. The van der Waals surface area contributed by atoms with Crippen molar-refractivity contribution in [1.29, 1.82) is 0 Å². The molecule has 0 saturated carbocycles. The Morgan fingerprint density at radius 2 is 1.54 bits per heavy atom. The van der Waals surface area contributed by atoms with Crippen LogP contribution in [0.1, 0.15) is 56.1 Å². The Morgan fingerprint density at radius 1 is 0.865 bits per heavy atom. The Labute approximate surface area is 218 Å². The van der Waals surface area contributed by atoms with Gasteiger partial charge in [0.2, 0.25) is 5.91 Å². The standard InChI is InChI=1S/C29H37N3O5/c1-2-3-19-36-28(34)31-16-13-24(14-17-31)23-9-11-26(12-10-23)30-27(33)25-15-18-32(20-25)29(35)37-21-22-7-5-4-6-8-22/h4-12,24-25H,2-3,13-21H2,1H3,(H,30,33). The molecule has 8 nitrogen and oxygen atoms in total. The fraction of sp³-hybridized carbons (Fsp3) is 0.483. The molecular weight excluding hydrogens is 470 g/mol. The van der Waals surface area contributed by atoms with Crippen molar-refractivity contribution in [2.45, 2.75) is 51.6 Å². The third-order valence-corrected chi connectivity index (χ3v) is 7.15. The molecule has 8 heteroatoms. The van der Waals surface area contributed by atoms with Gasteiger partial charge in [0.05, 0.1) is 12.5 Å². The van der Waals surface area contributed by atoms with Crippen molar-refractivity contribution >= 4 is 23.8 Å². The molecular formula is C29H37N3O5. The summed E-state index contributed by atoms with van der Waals surface area (Å²) in [5.41, 5.74) is 2.89. The van der Waals surface area contributed by atoms with E-state index in [1.807, 2.05) is 42.5 Å². The Kier molecular flexibility index (Phi) is 9.40. The lowest BCUT2D eigenvalue weighted by Crippen LogP contribution is -2.38. The van der Waals surface area contributed by atoms with Crippen LogP contribution in [0.15, 0.2) is 54.6 Å². The minimum Gasteiger partial charge on any atom is -0.449 e. The van der Waals surface area contributed by atoms with Crippen LogP contribution in [0, 0.1) is 5.92 Å². The Morgan fingerprint density at radius 3 is 2.24 bits per heavy atom. The molecule has 2 aliphatic rings. The number of nitrogens with one attached hydrogen (secondary N) is 1. The van der Waals surface area contributed by atoms with Crippen LogP contribution in [0.3, 0.4) is 0 Å². The maximum atomic E-state index is 12.8. The summed E-state index contributed by atoms with van der Waals surface area (Å²) in [6, 6.07) is 17.5. The molecule has 0 aliphatic carbocycles. The van der Waals surface area contributed by atoms with E-state index in [9.17, 15) is 14.4 Å². The zero-order chi connectivity index (χ0) is 26.0. The molecule has 2 fully saturated rings. The zero-order valence-corrected chi connectivity index (χ0v) is 21.6. The molecule has 2 aromatic rings. The quantitative estimate of drug-likeness (QED) is 0.484. The number of hydrogen-bond acceptors (Lipinski definition) is 5. The number of carbonyl (C=O) groups excluding carboxylic acids is 3. The fourth-order valence-corrected chi connectivity index (χ4v) is 4.82. The number of amides is 3. The summed E-state index contributed by atoms with van der Waals surface area (Å²) in [6.07, 6.45) is 3.72. The molecule has 0 aromatic heterocycles. The third kappa shape index (κ3) is 7.47. The molecule has 2 aliphatic heterocycles. The van der Waals surface area contributed by atoms with Crippen molar-refractivity contribution in [2.75, 3.05) is 38.1 Å². The number of benzene rings is 2. The van der Waals surface area contributed by atoms with Crippen LogP contribution in [0.5, 0.6) is 0 Å². The molecule has 2 saturated heterocycles. The first kappa shape index (κ1) is 26.5. The average Bonchev–Trinajstić information content (AvgIpc) is 3.44. The maximum Gasteiger partial charge on any atom is 0.410 e. The van der Waals surface area contributed by atoms with E-state index in [1.54, 1.807) is 9.80 Å². The second-order valence-electron chi connectivity index (χ2n) is 9.81. The predicted octanol–water partition coefficient (Wildman–Crippen LogP) is 5.40. The van der Waals surface area contributed by atoms with Gasteiger partial charge in [-0.15, -0.1) is 0 Å². The van der Waals surface area contributed by atoms with Gasteiger partial charge in [0.25, 0.3) is 0 Å². The summed E-state index contributed by atoms with van der Waals surface area (Å²) < 4.78 is 10.7. The van der Waals surface area contributed by atoms with Gasteiger partial charge in [-0.2, -0.15) is 0 Å². The van der Waals surface area contributed by atoms with Crippen molar-refractivity contribution in [3.63, 3.8) is 0 Å². The number of anilines is 1. The van der Waals surface area contributed by atoms with Crippen LogP contribution >= 0.6 is 0 Å². The van der Waals surface area contributed by atoms with Gasteiger partial charge in [-0.05, 0) is 54.9 Å². The van der Waals surface area contributed by atoms with Crippen molar-refractivity contribution in [3.8, 4) is 0 Å². The summed E-state index contributed by atoms with van der Waals surface area (Å²) in [5.74, 6) is 0.0427. The number of unbranched alkanes of at least 4 members (excludes halogenated alkanes) is 1. The van der Waals surface area contributed by atoms with Crippen molar-refractivity contribution in [1.82, 2.24) is 9.80 Å². The summed E-state index contributed by atoms with van der Waals surface area (Å²) >= 11 is 0. The maximum absolute atomic E-state index is 12.8. The molecule has 0 spiro atoms. The Bertz CT molecular complexity index is 1040. The SMILES string of the molecule is CCCCOC(=O)N1CCC(c2ccc(NC(=O)C3CCN(C(=O)OCc4ccccc4)C3)cc2)CC1. The number of hydrogen-bond donors (Lipinski definition) is 1. The number of rotatable bonds is 8. The van der Waals surface area contributed by atoms with E-state index in [-0.39, 0.29) is 30.6 Å². The molecule has 0 radical (unpaired) electrons. The van der Waals surface area contributed by atoms with Gasteiger partial charge < -0.3 is 24.6 Å². The first-order valence-corrected chi connectivity index (χ1v) is 13.3. The minimum atomic E-state index is -0.385. The molecule has 3 amide bonds. The predicted molar refractivity (Wildman–Crippen MR) is 141 cm³/mol. The van der Waals surface area contributed by atoms with Crippen molar-refractivity contribution < 1.29 is 23.9 Å². The molecule has 2 aromatic carbocycles. The fourth-order valence-electron chi connectivity index (χ4n) is 4.82. The minimum absolute atomic E-state index is 0.0824. The summed E-state index contributed by atoms with van der Waals surface area (Å²) in [6.45, 7) is 5.04. The monoisotopic (exact) mass is 507 g/mol. The second kappa shape index (κ2) is 13.1. The molecule has 2 heterocycles. The van der Waals surface area contributed by atoms with Gasteiger partial charge in [0.15, 0.2) is 0 Å². The highest BCUT2D eigenvalue weighted by atomic mass is 16.6. The number of nitrogens with zero attached hydrogens (tertiary/aromatic N) is 2. The van der Waals surface area contributed by atoms with Crippen LogP contribution in [-0.4, -0.2) is 60.7 Å². The highest BCUT2D eigenvalue weighted by molar-refractivity contribution is 5.93. The van der Waals surface area contributed by atoms with Crippen LogP contribution in [-0.2, 0) is 20.9 Å². The first-order valence-electron chi connectivity index (χ1n) is 13.3. The number of piperidine rings is 1. The Balaban J connectivity index is 1.19. The van der Waals surface area contributed by atoms with E-state index in [1.165, 1.54) is 5.56 Å². The van der Waals surface area contributed by atoms with Crippen molar-refractivity contribution in [3.05, 3.63) is 65.7 Å². The van der Waals surface area contributed by atoms with Gasteiger partial charge in [0, 0.05) is 31.9 Å². The molecule has 0 bridgehead atoms. The molecule has 1 atom stereocenters. The van der Waals surface area contributed by atoms with Crippen molar-refractivity contribution in [2.24, 2.45) is 5.92 Å². The van der Waals surface area contributed by atoms with Gasteiger partial charge >= 0.3 is 12.2 Å². The summed E-state index contributed by atoms with van der Waals surface area (Å²) in [4.78, 5) is 40.7. The lowest BCUT2D eigenvalue weighted by molar-refractivity contribution is -0.119. The van der Waals surface area contributed by atoms with E-state index in [0.717, 1.165) is 36.9 Å². The average molecular weight is 508 g/mol. The third-order valence-electron chi connectivity index (χ3n) is 7.15. The van der Waals surface area contributed by atoms with Gasteiger partial charge in [-0.25, -0.2) is 9.59 Å². The highest BCUT2D eigenvalue weighted by Crippen LogP contribution is 2.29. The lowest BCUT2D eigenvalue weighted by atomic mass is 9.89. The Hall–Kier alpha value is -3.55. The van der Waals surface area contributed by atoms with Crippen LogP contribution < -0.4 is 5.32 Å². The molecule has 1 unspecified atom stereocenters. The van der Waals surface area contributed by atoms with Gasteiger partial charge in [-0.1, -0.05) is 55.8 Å². The van der Waals surface area contributed by atoms with Gasteiger partial charge in [0.1, 0.15) is 6.61 Å². The molecule has 1 N–H and O–H groups in total. The van der Waals surface area contributed by atoms with E-state index < -0.39 is 0 Å². The summed E-state index contributed by atoms with van der Waals surface area (Å²) in [5, 5.41) is 2.99. The van der Waals surface area contributed by atoms with Crippen LogP contribution in [0.4, 0.5) is 15.3 Å². The second-order valence-corrected chi connectivity index (χ2v) is 9.81. The molecule has 37 heavy (non-hydrogen) atoms. The number of ether oxygens (including phenoxy) is 2. The lowest BCUT2D eigenvalue weighted by Gasteiger charge is -2.31. The summed E-state index contributed by atoms with van der Waals surface area (Å²) in [7, 11) is 0. The smallest absolute Gasteiger partial charge is 0.410 e. The first-order chi connectivity index (χ1) is 18.0. The highest BCUT2D eigenvalue weighted by Gasteiger charge is 2.32. The number of likely N-dealkylation sites (tertiary alicyclic amines) is 2. The number of carbonyl (C=O) groups is 3. The zero-order valence-electron chi connectivity index (χ0n) is 21.6. The topological polar surface area (TPSA) is 88.2 Å². The van der Waals surface area contributed by atoms with Gasteiger partial charge in [-0.3, -0.25) is 4.79 Å². The van der Waals surface area contributed by atoms with E-state index in [2.05, 4.69) is 24.4 Å². The van der Waals surface area contributed by atoms with Crippen LogP contribution in [0.2, 0.25) is 0 Å². The van der Waals surface area contributed by atoms with E-state index in [4.69, 9.17) is 9.47 Å². The van der Waals surface area contributed by atoms with Crippen LogP contribution in [0.25, 0.3) is 0 Å². The molecule has 4 rings (SSSR count). The van der Waals surface area contributed by atoms with E-state index in [0.29, 0.717) is 45.1 Å².